The molecule has 1 atom stereocenters. The molecule has 0 aliphatic carbocycles. The average Bonchev–Trinajstić information content (AvgIpc) is 2.64. The predicted octanol–water partition coefficient (Wildman–Crippen LogP) is 3.19. The molecule has 15 heavy (non-hydrogen) atoms. The minimum absolute atomic E-state index is 0.0289. The molecule has 3 nitrogen and oxygen atoms in total. The molecule has 0 amide bonds. The number of nitrogens with zero attached hydrogens (tertiary/aromatic N) is 3. The molecule has 78 valence electrons. The Morgan fingerprint density at radius 1 is 1.27 bits per heavy atom. The van der Waals surface area contributed by atoms with Crippen molar-refractivity contribution < 1.29 is 0 Å². The van der Waals surface area contributed by atoms with Crippen LogP contribution in [-0.2, 0) is 0 Å². The second kappa shape index (κ2) is 4.21. The summed E-state index contributed by atoms with van der Waals surface area (Å²) in [5.74, 6) is 0. The fourth-order valence-electron chi connectivity index (χ4n) is 1.45. The third kappa shape index (κ3) is 1.98. The Morgan fingerprint density at radius 2 is 2.00 bits per heavy atom. The van der Waals surface area contributed by atoms with Gasteiger partial charge in [0.25, 0.3) is 0 Å². The van der Waals surface area contributed by atoms with E-state index in [1.807, 2.05) is 31.2 Å². The summed E-state index contributed by atoms with van der Waals surface area (Å²) in [6, 6.07) is 7.68. The monoisotopic (exact) mass is 241 g/mol. The van der Waals surface area contributed by atoms with E-state index in [-0.39, 0.29) is 6.04 Å². The van der Waals surface area contributed by atoms with Crippen LogP contribution in [0.1, 0.15) is 18.5 Å². The van der Waals surface area contributed by atoms with Crippen molar-refractivity contribution in [3.05, 3.63) is 46.5 Å². The molecule has 2 rings (SSSR count). The number of aromatic nitrogens is 3. The smallest absolute Gasteiger partial charge is 0.225 e. The summed E-state index contributed by atoms with van der Waals surface area (Å²) in [5.41, 5.74) is 1.00. The van der Waals surface area contributed by atoms with E-state index in [0.29, 0.717) is 5.28 Å². The molecule has 0 fully saturated rings. The van der Waals surface area contributed by atoms with Crippen LogP contribution in [0.3, 0.4) is 0 Å². The fourth-order valence-corrected chi connectivity index (χ4v) is 1.98. The standard InChI is InChI=1S/C10H9Cl2N3/c1-7(15-6-13-14-10(15)12)8-4-2-3-5-9(8)11/h2-7H,1H3. The van der Waals surface area contributed by atoms with Crippen LogP contribution in [0.15, 0.2) is 30.6 Å². The summed E-state index contributed by atoms with van der Waals surface area (Å²) in [6.45, 7) is 2.00. The minimum atomic E-state index is 0.0289. The van der Waals surface area contributed by atoms with Gasteiger partial charge in [0, 0.05) is 5.02 Å². The van der Waals surface area contributed by atoms with Gasteiger partial charge in [0.05, 0.1) is 6.04 Å². The number of hydrogen-bond acceptors (Lipinski definition) is 2. The highest BCUT2D eigenvalue weighted by Gasteiger charge is 2.13. The molecule has 0 radical (unpaired) electrons. The van der Waals surface area contributed by atoms with Crippen LogP contribution in [0.5, 0.6) is 0 Å². The third-order valence-corrected chi connectivity index (χ3v) is 2.92. The highest BCUT2D eigenvalue weighted by Crippen LogP contribution is 2.26. The van der Waals surface area contributed by atoms with E-state index in [4.69, 9.17) is 23.2 Å². The van der Waals surface area contributed by atoms with Crippen LogP contribution in [-0.4, -0.2) is 14.8 Å². The number of hydrogen-bond donors (Lipinski definition) is 0. The van der Waals surface area contributed by atoms with Crippen LogP contribution in [0.2, 0.25) is 10.3 Å². The van der Waals surface area contributed by atoms with Crippen molar-refractivity contribution in [2.75, 3.05) is 0 Å². The summed E-state index contributed by atoms with van der Waals surface area (Å²) < 4.78 is 1.77. The van der Waals surface area contributed by atoms with Crippen molar-refractivity contribution in [3.63, 3.8) is 0 Å². The van der Waals surface area contributed by atoms with Gasteiger partial charge in [-0.1, -0.05) is 29.8 Å². The van der Waals surface area contributed by atoms with Gasteiger partial charge in [0.2, 0.25) is 5.28 Å². The largest absolute Gasteiger partial charge is 0.297 e. The van der Waals surface area contributed by atoms with Crippen molar-refractivity contribution in [2.24, 2.45) is 0 Å². The molecule has 0 aliphatic heterocycles. The lowest BCUT2D eigenvalue weighted by Gasteiger charge is -2.14. The molecule has 2 aromatic rings. The van der Waals surface area contributed by atoms with Gasteiger partial charge in [0.1, 0.15) is 6.33 Å². The number of benzene rings is 1. The zero-order valence-corrected chi connectivity index (χ0v) is 9.57. The SMILES string of the molecule is CC(c1ccccc1Cl)n1cnnc1Cl. The molecule has 0 saturated heterocycles. The lowest BCUT2D eigenvalue weighted by atomic mass is 10.1. The predicted molar refractivity (Wildman–Crippen MR) is 60.3 cm³/mol. The van der Waals surface area contributed by atoms with Gasteiger partial charge in [-0.05, 0) is 30.2 Å². The van der Waals surface area contributed by atoms with Crippen molar-refractivity contribution in [1.29, 1.82) is 0 Å². The van der Waals surface area contributed by atoms with Crippen LogP contribution in [0.25, 0.3) is 0 Å². The Hall–Kier alpha value is -1.06. The lowest BCUT2D eigenvalue weighted by Crippen LogP contribution is -2.06. The van der Waals surface area contributed by atoms with Gasteiger partial charge >= 0.3 is 0 Å². The molecule has 0 N–H and O–H groups in total. The third-order valence-electron chi connectivity index (χ3n) is 2.30. The van der Waals surface area contributed by atoms with Crippen LogP contribution in [0.4, 0.5) is 0 Å². The van der Waals surface area contributed by atoms with Crippen LogP contribution < -0.4 is 0 Å². The van der Waals surface area contributed by atoms with Gasteiger partial charge in [-0.2, -0.15) is 0 Å². The lowest BCUT2D eigenvalue weighted by molar-refractivity contribution is 0.637. The van der Waals surface area contributed by atoms with E-state index in [9.17, 15) is 0 Å². The first kappa shape index (κ1) is 10.5. The van der Waals surface area contributed by atoms with Crippen LogP contribution >= 0.6 is 23.2 Å². The highest BCUT2D eigenvalue weighted by atomic mass is 35.5. The summed E-state index contributed by atoms with van der Waals surface area (Å²) >= 11 is 12.0. The Bertz CT molecular complexity index is 467. The summed E-state index contributed by atoms with van der Waals surface area (Å²) in [6.07, 6.45) is 1.59. The molecule has 0 bridgehead atoms. The first-order valence-electron chi connectivity index (χ1n) is 4.49. The summed E-state index contributed by atoms with van der Waals surface area (Å²) in [4.78, 5) is 0. The summed E-state index contributed by atoms with van der Waals surface area (Å²) in [7, 11) is 0. The molecule has 1 aromatic carbocycles. The second-order valence-electron chi connectivity index (χ2n) is 3.20. The maximum absolute atomic E-state index is 6.09. The maximum Gasteiger partial charge on any atom is 0.225 e. The highest BCUT2D eigenvalue weighted by molar-refractivity contribution is 6.31. The molecule has 1 unspecified atom stereocenters. The Balaban J connectivity index is 2.41. The molecular formula is C10H9Cl2N3. The van der Waals surface area contributed by atoms with E-state index >= 15 is 0 Å². The van der Waals surface area contributed by atoms with Crippen molar-refractivity contribution in [1.82, 2.24) is 14.8 Å². The van der Waals surface area contributed by atoms with Gasteiger partial charge in [-0.3, -0.25) is 4.57 Å². The van der Waals surface area contributed by atoms with Gasteiger partial charge in [-0.25, -0.2) is 0 Å². The molecule has 0 spiro atoms. The maximum atomic E-state index is 6.09. The Labute approximate surface area is 97.7 Å². The molecule has 5 heteroatoms. The molecule has 0 aliphatic rings. The Kier molecular flexibility index (Phi) is 2.93. The molecule has 1 heterocycles. The van der Waals surface area contributed by atoms with Gasteiger partial charge < -0.3 is 0 Å². The van der Waals surface area contributed by atoms with Crippen molar-refractivity contribution in [3.8, 4) is 0 Å². The molecular weight excluding hydrogens is 233 g/mol. The van der Waals surface area contributed by atoms with Gasteiger partial charge in [0.15, 0.2) is 0 Å². The second-order valence-corrected chi connectivity index (χ2v) is 3.95. The molecule has 1 aromatic heterocycles. The Morgan fingerprint density at radius 3 is 2.60 bits per heavy atom. The van der Waals surface area contributed by atoms with E-state index in [1.165, 1.54) is 0 Å². The normalized spacial score (nSPS) is 12.7. The van der Waals surface area contributed by atoms with Gasteiger partial charge in [-0.15, -0.1) is 10.2 Å². The average molecular weight is 242 g/mol. The van der Waals surface area contributed by atoms with Crippen molar-refractivity contribution >= 4 is 23.2 Å². The zero-order chi connectivity index (χ0) is 10.8. The van der Waals surface area contributed by atoms with E-state index in [2.05, 4.69) is 10.2 Å². The summed E-state index contributed by atoms with van der Waals surface area (Å²) in [5, 5.41) is 8.54. The van der Waals surface area contributed by atoms with E-state index in [0.717, 1.165) is 10.6 Å². The minimum Gasteiger partial charge on any atom is -0.297 e. The topological polar surface area (TPSA) is 30.7 Å². The van der Waals surface area contributed by atoms with Crippen LogP contribution in [0, 0.1) is 0 Å². The number of halogens is 2. The quantitative estimate of drug-likeness (QED) is 0.809. The first-order chi connectivity index (χ1) is 7.20. The first-order valence-corrected chi connectivity index (χ1v) is 5.25. The number of rotatable bonds is 2. The molecule has 0 saturated carbocycles. The fraction of sp³-hybridized carbons (Fsp3) is 0.200. The van der Waals surface area contributed by atoms with E-state index < -0.39 is 0 Å². The van der Waals surface area contributed by atoms with Crippen molar-refractivity contribution in [2.45, 2.75) is 13.0 Å². The van der Waals surface area contributed by atoms with E-state index in [1.54, 1.807) is 10.9 Å². The zero-order valence-electron chi connectivity index (χ0n) is 8.06.